The van der Waals surface area contributed by atoms with Gasteiger partial charge < -0.3 is 4.90 Å². The Hall–Kier alpha value is -1.56. The minimum atomic E-state index is 0.712. The van der Waals surface area contributed by atoms with Crippen molar-refractivity contribution in [1.82, 2.24) is 4.98 Å². The maximum atomic E-state index is 9.27. The molecule has 0 saturated carbocycles. The molecule has 0 spiro atoms. The van der Waals surface area contributed by atoms with Crippen molar-refractivity contribution >= 4 is 5.69 Å². The number of pyridine rings is 1. The number of hydrogen-bond acceptors (Lipinski definition) is 3. The zero-order chi connectivity index (χ0) is 12.4. The lowest BCUT2D eigenvalue weighted by Gasteiger charge is -2.33. The van der Waals surface area contributed by atoms with Gasteiger partial charge in [-0.25, -0.2) is 0 Å². The Morgan fingerprint density at radius 3 is 2.88 bits per heavy atom. The van der Waals surface area contributed by atoms with Gasteiger partial charge in [-0.2, -0.15) is 5.26 Å². The van der Waals surface area contributed by atoms with Gasteiger partial charge in [0.25, 0.3) is 0 Å². The Labute approximate surface area is 103 Å². The van der Waals surface area contributed by atoms with Crippen LogP contribution in [0.5, 0.6) is 0 Å². The van der Waals surface area contributed by atoms with E-state index in [1.807, 2.05) is 19.9 Å². The molecular formula is C14H19N3. The van der Waals surface area contributed by atoms with Crippen molar-refractivity contribution in [2.75, 3.05) is 18.0 Å². The van der Waals surface area contributed by atoms with Crippen molar-refractivity contribution in [1.29, 1.82) is 5.26 Å². The molecule has 90 valence electrons. The van der Waals surface area contributed by atoms with Crippen LogP contribution < -0.4 is 4.90 Å². The number of anilines is 1. The molecule has 3 nitrogen and oxygen atoms in total. The number of aryl methyl sites for hydroxylation is 2. The molecule has 1 aliphatic rings. The Kier molecular flexibility index (Phi) is 3.33. The highest BCUT2D eigenvalue weighted by atomic mass is 15.1. The zero-order valence-corrected chi connectivity index (χ0v) is 10.8. The third-order valence-corrected chi connectivity index (χ3v) is 3.42. The van der Waals surface area contributed by atoms with E-state index in [1.54, 1.807) is 0 Å². The van der Waals surface area contributed by atoms with Gasteiger partial charge in [0.05, 0.1) is 16.9 Å². The molecule has 2 rings (SSSR count). The van der Waals surface area contributed by atoms with E-state index in [0.29, 0.717) is 5.92 Å². The summed E-state index contributed by atoms with van der Waals surface area (Å²) in [5.41, 5.74) is 3.66. The molecule has 1 aromatic heterocycles. The molecule has 1 fully saturated rings. The first kappa shape index (κ1) is 11.9. The second kappa shape index (κ2) is 4.75. The third-order valence-electron chi connectivity index (χ3n) is 3.42. The maximum absolute atomic E-state index is 9.27. The smallest absolute Gasteiger partial charge is 0.103 e. The van der Waals surface area contributed by atoms with E-state index in [4.69, 9.17) is 0 Å². The van der Waals surface area contributed by atoms with Gasteiger partial charge in [0.15, 0.2) is 0 Å². The molecule has 0 radical (unpaired) electrons. The van der Waals surface area contributed by atoms with Gasteiger partial charge in [-0.1, -0.05) is 6.92 Å². The van der Waals surface area contributed by atoms with E-state index < -0.39 is 0 Å². The van der Waals surface area contributed by atoms with Gasteiger partial charge in [-0.15, -0.1) is 0 Å². The molecular weight excluding hydrogens is 210 g/mol. The maximum Gasteiger partial charge on any atom is 0.103 e. The molecule has 0 bridgehead atoms. The Morgan fingerprint density at radius 2 is 2.24 bits per heavy atom. The highest BCUT2D eigenvalue weighted by Crippen LogP contribution is 2.27. The van der Waals surface area contributed by atoms with Gasteiger partial charge in [0.2, 0.25) is 0 Å². The quantitative estimate of drug-likeness (QED) is 0.743. The first-order valence-electron chi connectivity index (χ1n) is 6.25. The zero-order valence-electron chi connectivity index (χ0n) is 10.8. The van der Waals surface area contributed by atoms with Crippen LogP contribution in [0.15, 0.2) is 6.07 Å². The van der Waals surface area contributed by atoms with Gasteiger partial charge in [0.1, 0.15) is 6.07 Å². The Bertz CT molecular complexity index is 459. The average molecular weight is 229 g/mol. The number of aromatic nitrogens is 1. The molecule has 3 heteroatoms. The summed E-state index contributed by atoms with van der Waals surface area (Å²) in [5, 5.41) is 9.27. The van der Waals surface area contributed by atoms with E-state index in [0.717, 1.165) is 35.7 Å². The van der Waals surface area contributed by atoms with Crippen molar-refractivity contribution in [3.05, 3.63) is 23.0 Å². The van der Waals surface area contributed by atoms with E-state index >= 15 is 0 Å². The first-order chi connectivity index (χ1) is 8.11. The van der Waals surface area contributed by atoms with Crippen molar-refractivity contribution < 1.29 is 0 Å². The van der Waals surface area contributed by atoms with Gasteiger partial charge in [-0.05, 0) is 38.7 Å². The fourth-order valence-electron chi connectivity index (χ4n) is 2.60. The monoisotopic (exact) mass is 229 g/mol. The molecule has 1 aliphatic heterocycles. The summed E-state index contributed by atoms with van der Waals surface area (Å²) in [6.07, 6.45) is 2.51. The number of rotatable bonds is 1. The lowest BCUT2D eigenvalue weighted by Crippen LogP contribution is -2.35. The summed E-state index contributed by atoms with van der Waals surface area (Å²) in [6, 6.07) is 4.34. The minimum absolute atomic E-state index is 0.712. The van der Waals surface area contributed by atoms with E-state index in [9.17, 15) is 5.26 Å². The average Bonchev–Trinajstić information content (AvgIpc) is 2.28. The SMILES string of the molecule is Cc1cc(N2CCCC(C)C2)c(C#N)c(C)n1. The fraction of sp³-hybridized carbons (Fsp3) is 0.571. The van der Waals surface area contributed by atoms with E-state index in [2.05, 4.69) is 22.9 Å². The summed E-state index contributed by atoms with van der Waals surface area (Å²) >= 11 is 0. The second-order valence-electron chi connectivity index (χ2n) is 5.05. The molecule has 2 heterocycles. The predicted octanol–water partition coefficient (Wildman–Crippen LogP) is 2.81. The fourth-order valence-corrected chi connectivity index (χ4v) is 2.60. The van der Waals surface area contributed by atoms with Crippen LogP contribution in [-0.2, 0) is 0 Å². The minimum Gasteiger partial charge on any atom is -0.370 e. The van der Waals surface area contributed by atoms with Crippen LogP contribution in [-0.4, -0.2) is 18.1 Å². The van der Waals surface area contributed by atoms with Crippen LogP contribution in [0.1, 0.15) is 36.7 Å². The molecule has 1 aromatic rings. The van der Waals surface area contributed by atoms with Crippen molar-refractivity contribution in [2.24, 2.45) is 5.92 Å². The van der Waals surface area contributed by atoms with Crippen molar-refractivity contribution in [3.63, 3.8) is 0 Å². The lowest BCUT2D eigenvalue weighted by atomic mass is 9.98. The van der Waals surface area contributed by atoms with Crippen LogP contribution in [0, 0.1) is 31.1 Å². The topological polar surface area (TPSA) is 39.9 Å². The van der Waals surface area contributed by atoms with Crippen LogP contribution >= 0.6 is 0 Å². The lowest BCUT2D eigenvalue weighted by molar-refractivity contribution is 0.446. The molecule has 0 aromatic carbocycles. The molecule has 17 heavy (non-hydrogen) atoms. The Balaban J connectivity index is 2.40. The van der Waals surface area contributed by atoms with Gasteiger partial charge in [0, 0.05) is 18.8 Å². The summed E-state index contributed by atoms with van der Waals surface area (Å²) in [6.45, 7) is 8.30. The van der Waals surface area contributed by atoms with Crippen molar-refractivity contribution in [2.45, 2.75) is 33.6 Å². The first-order valence-corrected chi connectivity index (χ1v) is 6.25. The summed E-state index contributed by atoms with van der Waals surface area (Å²) in [7, 11) is 0. The van der Waals surface area contributed by atoms with Crippen molar-refractivity contribution in [3.8, 4) is 6.07 Å². The highest BCUT2D eigenvalue weighted by Gasteiger charge is 2.20. The number of nitriles is 1. The predicted molar refractivity (Wildman–Crippen MR) is 69.0 cm³/mol. The van der Waals surface area contributed by atoms with Gasteiger partial charge >= 0.3 is 0 Å². The number of nitrogens with zero attached hydrogens (tertiary/aromatic N) is 3. The third kappa shape index (κ3) is 2.41. The second-order valence-corrected chi connectivity index (χ2v) is 5.05. The molecule has 1 saturated heterocycles. The summed E-state index contributed by atoms with van der Waals surface area (Å²) in [4.78, 5) is 6.71. The van der Waals surface area contributed by atoms with E-state index in [1.165, 1.54) is 12.8 Å². The molecule has 0 amide bonds. The van der Waals surface area contributed by atoms with Crippen LogP contribution in [0.4, 0.5) is 5.69 Å². The van der Waals surface area contributed by atoms with Gasteiger partial charge in [-0.3, -0.25) is 4.98 Å². The normalized spacial score (nSPS) is 20.1. The number of hydrogen-bond donors (Lipinski definition) is 0. The summed E-state index contributed by atoms with van der Waals surface area (Å²) in [5.74, 6) is 0.712. The standard InChI is InChI=1S/C14H19N3/c1-10-5-4-6-17(9-10)14-7-11(2)16-12(3)13(14)8-15/h7,10H,4-6,9H2,1-3H3. The molecule has 0 aliphatic carbocycles. The van der Waals surface area contributed by atoms with E-state index in [-0.39, 0.29) is 0 Å². The van der Waals surface area contributed by atoms with Crippen LogP contribution in [0.25, 0.3) is 0 Å². The van der Waals surface area contributed by atoms with Crippen LogP contribution in [0.3, 0.4) is 0 Å². The van der Waals surface area contributed by atoms with Crippen LogP contribution in [0.2, 0.25) is 0 Å². The highest BCUT2D eigenvalue weighted by molar-refractivity contribution is 5.61. The molecule has 0 N–H and O–H groups in total. The Morgan fingerprint density at radius 1 is 1.47 bits per heavy atom. The molecule has 1 unspecified atom stereocenters. The summed E-state index contributed by atoms with van der Waals surface area (Å²) < 4.78 is 0. The largest absolute Gasteiger partial charge is 0.370 e. The number of piperidine rings is 1. The molecule has 1 atom stereocenters.